The Hall–Kier alpha value is -2.72. The van der Waals surface area contributed by atoms with Gasteiger partial charge in [-0.15, -0.1) is 0 Å². The van der Waals surface area contributed by atoms with Crippen molar-refractivity contribution in [3.05, 3.63) is 66.2 Å². The number of nitrogens with two attached hydrogens (primary N) is 2. The summed E-state index contributed by atoms with van der Waals surface area (Å²) in [6, 6.07) is 19.0. The lowest BCUT2D eigenvalue weighted by molar-refractivity contribution is 0.282. The number of para-hydroxylation sites is 1. The number of rotatable bonds is 2. The lowest BCUT2D eigenvalue weighted by Gasteiger charge is -2.06. The van der Waals surface area contributed by atoms with Gasteiger partial charge in [0.05, 0.1) is 13.7 Å². The Balaban J connectivity index is 0.000000172. The third-order valence-electron chi connectivity index (χ3n) is 3.36. The van der Waals surface area contributed by atoms with E-state index in [0.717, 1.165) is 27.8 Å². The lowest BCUT2D eigenvalue weighted by Crippen LogP contribution is -1.91. The summed E-state index contributed by atoms with van der Waals surface area (Å²) >= 11 is 0. The minimum Gasteiger partial charge on any atom is -0.496 e. The number of ether oxygens (including phenoxy) is 1. The van der Waals surface area contributed by atoms with E-state index < -0.39 is 0 Å². The zero-order valence-corrected chi connectivity index (χ0v) is 12.5. The van der Waals surface area contributed by atoms with E-state index >= 15 is 0 Å². The molecule has 5 N–H and O–H groups in total. The van der Waals surface area contributed by atoms with Crippen LogP contribution in [0.5, 0.6) is 5.75 Å². The quantitative estimate of drug-likeness (QED) is 0.634. The number of hydrogen-bond acceptors (Lipinski definition) is 4. The Morgan fingerprint density at radius 3 is 2.05 bits per heavy atom. The van der Waals surface area contributed by atoms with Crippen LogP contribution in [0.15, 0.2) is 60.7 Å². The molecule has 0 bridgehead atoms. The molecule has 0 heterocycles. The summed E-state index contributed by atoms with van der Waals surface area (Å²) in [6.45, 7) is 0.0205. The van der Waals surface area contributed by atoms with Crippen LogP contribution in [0.3, 0.4) is 0 Å². The average Bonchev–Trinajstić information content (AvgIpc) is 2.57. The lowest BCUT2D eigenvalue weighted by atomic mass is 10.1. The van der Waals surface area contributed by atoms with Gasteiger partial charge in [0.15, 0.2) is 0 Å². The summed E-state index contributed by atoms with van der Waals surface area (Å²) in [6.07, 6.45) is 0. The topological polar surface area (TPSA) is 81.5 Å². The maximum atomic E-state index is 8.64. The van der Waals surface area contributed by atoms with Crippen LogP contribution >= 0.6 is 0 Å². The molecule has 0 saturated heterocycles. The summed E-state index contributed by atoms with van der Waals surface area (Å²) in [4.78, 5) is 0. The molecule has 0 spiro atoms. The first-order valence-electron chi connectivity index (χ1n) is 6.92. The Morgan fingerprint density at radius 2 is 1.45 bits per heavy atom. The van der Waals surface area contributed by atoms with E-state index in [1.54, 1.807) is 19.2 Å². The highest BCUT2D eigenvalue weighted by Crippen LogP contribution is 2.29. The fourth-order valence-electron chi connectivity index (χ4n) is 2.15. The fraction of sp³-hybridized carbons (Fsp3) is 0.111. The smallest absolute Gasteiger partial charge is 0.126 e. The van der Waals surface area contributed by atoms with Gasteiger partial charge in [0.2, 0.25) is 0 Å². The summed E-state index contributed by atoms with van der Waals surface area (Å²) in [5.41, 5.74) is 13.5. The molecule has 0 aliphatic carbocycles. The second-order valence-electron chi connectivity index (χ2n) is 4.76. The van der Waals surface area contributed by atoms with E-state index in [1.807, 2.05) is 48.5 Å². The zero-order valence-electron chi connectivity index (χ0n) is 12.5. The average molecular weight is 296 g/mol. The van der Waals surface area contributed by atoms with Crippen LogP contribution in [0.1, 0.15) is 5.56 Å². The van der Waals surface area contributed by atoms with Crippen molar-refractivity contribution in [3.8, 4) is 5.75 Å². The number of methoxy groups -OCH3 is 1. The van der Waals surface area contributed by atoms with Gasteiger partial charge in [-0.25, -0.2) is 0 Å². The molecule has 0 aliphatic heterocycles. The van der Waals surface area contributed by atoms with Gasteiger partial charge < -0.3 is 21.3 Å². The Labute approximate surface area is 129 Å². The molecule has 0 fully saturated rings. The molecule has 0 saturated carbocycles. The number of anilines is 2. The van der Waals surface area contributed by atoms with Gasteiger partial charge in [-0.2, -0.15) is 0 Å². The molecule has 114 valence electrons. The Kier molecular flexibility index (Phi) is 5.22. The number of fused-ring (bicyclic) bond motifs is 1. The van der Waals surface area contributed by atoms with Crippen molar-refractivity contribution >= 4 is 22.1 Å². The van der Waals surface area contributed by atoms with Crippen LogP contribution < -0.4 is 16.2 Å². The SMILES string of the molecule is COc1ccc(N)c2ccccc12.Nc1ccccc1CO. The number of hydrogen-bond donors (Lipinski definition) is 3. The minimum atomic E-state index is 0.0205. The molecule has 3 aromatic carbocycles. The second kappa shape index (κ2) is 7.33. The normalized spacial score (nSPS) is 9.91. The molecule has 4 heteroatoms. The maximum Gasteiger partial charge on any atom is 0.126 e. The van der Waals surface area contributed by atoms with E-state index in [1.165, 1.54) is 0 Å². The molecule has 3 aromatic rings. The molecular weight excluding hydrogens is 276 g/mol. The van der Waals surface area contributed by atoms with Gasteiger partial charge in [-0.05, 0) is 18.2 Å². The van der Waals surface area contributed by atoms with E-state index in [-0.39, 0.29) is 6.61 Å². The van der Waals surface area contributed by atoms with Crippen LogP contribution in [0.4, 0.5) is 11.4 Å². The van der Waals surface area contributed by atoms with E-state index in [9.17, 15) is 0 Å². The van der Waals surface area contributed by atoms with Crippen molar-refractivity contribution in [1.29, 1.82) is 0 Å². The number of aliphatic hydroxyl groups is 1. The molecule has 22 heavy (non-hydrogen) atoms. The minimum absolute atomic E-state index is 0.0205. The zero-order chi connectivity index (χ0) is 15.9. The molecule has 0 radical (unpaired) electrons. The highest BCUT2D eigenvalue weighted by molar-refractivity contribution is 5.96. The Bertz CT molecular complexity index is 757. The summed E-state index contributed by atoms with van der Waals surface area (Å²) in [5.74, 6) is 0.866. The monoisotopic (exact) mass is 296 g/mol. The highest BCUT2D eigenvalue weighted by atomic mass is 16.5. The van der Waals surface area contributed by atoms with Gasteiger partial charge in [0.25, 0.3) is 0 Å². The molecule has 0 atom stereocenters. The fourth-order valence-corrected chi connectivity index (χ4v) is 2.15. The molecule has 4 nitrogen and oxygen atoms in total. The number of benzene rings is 3. The van der Waals surface area contributed by atoms with Crippen LogP contribution in [-0.4, -0.2) is 12.2 Å². The molecule has 0 unspecified atom stereocenters. The van der Waals surface area contributed by atoms with Crippen molar-refractivity contribution in [2.75, 3.05) is 18.6 Å². The van der Waals surface area contributed by atoms with Crippen molar-refractivity contribution in [3.63, 3.8) is 0 Å². The summed E-state index contributed by atoms with van der Waals surface area (Å²) in [7, 11) is 1.66. The third-order valence-corrected chi connectivity index (χ3v) is 3.36. The largest absolute Gasteiger partial charge is 0.496 e. The van der Waals surface area contributed by atoms with Crippen molar-refractivity contribution in [1.82, 2.24) is 0 Å². The van der Waals surface area contributed by atoms with Gasteiger partial charge in [-0.1, -0.05) is 42.5 Å². The molecule has 0 aromatic heterocycles. The van der Waals surface area contributed by atoms with Crippen LogP contribution in [0.2, 0.25) is 0 Å². The van der Waals surface area contributed by atoms with E-state index in [2.05, 4.69) is 0 Å². The first-order chi connectivity index (χ1) is 10.7. The van der Waals surface area contributed by atoms with Gasteiger partial charge in [-0.3, -0.25) is 0 Å². The van der Waals surface area contributed by atoms with Crippen molar-refractivity contribution in [2.45, 2.75) is 6.61 Å². The third kappa shape index (κ3) is 3.48. The Morgan fingerprint density at radius 1 is 0.818 bits per heavy atom. The molecule has 0 aliphatic rings. The maximum absolute atomic E-state index is 8.64. The van der Waals surface area contributed by atoms with Gasteiger partial charge >= 0.3 is 0 Å². The number of aliphatic hydroxyl groups excluding tert-OH is 1. The van der Waals surface area contributed by atoms with Crippen molar-refractivity contribution in [2.24, 2.45) is 0 Å². The predicted molar refractivity (Wildman–Crippen MR) is 91.7 cm³/mol. The summed E-state index contributed by atoms with van der Waals surface area (Å²) in [5, 5.41) is 10.7. The van der Waals surface area contributed by atoms with Gasteiger partial charge in [0.1, 0.15) is 5.75 Å². The molecule has 0 amide bonds. The predicted octanol–water partition coefficient (Wildman–Crippen LogP) is 3.19. The first kappa shape index (κ1) is 15.7. The summed E-state index contributed by atoms with van der Waals surface area (Å²) < 4.78 is 5.23. The molecular formula is C18H20N2O2. The number of nitrogen functional groups attached to an aromatic ring is 2. The van der Waals surface area contributed by atoms with Gasteiger partial charge in [0, 0.05) is 27.7 Å². The second-order valence-corrected chi connectivity index (χ2v) is 4.76. The van der Waals surface area contributed by atoms with Crippen molar-refractivity contribution < 1.29 is 9.84 Å². The molecule has 3 rings (SSSR count). The van der Waals surface area contributed by atoms with Crippen LogP contribution in [0, 0.1) is 0 Å². The van der Waals surface area contributed by atoms with Crippen LogP contribution in [0.25, 0.3) is 10.8 Å². The van der Waals surface area contributed by atoms with E-state index in [0.29, 0.717) is 5.69 Å². The van der Waals surface area contributed by atoms with E-state index in [4.69, 9.17) is 21.3 Å². The van der Waals surface area contributed by atoms with Crippen LogP contribution in [-0.2, 0) is 6.61 Å². The highest BCUT2D eigenvalue weighted by Gasteiger charge is 2.01. The first-order valence-corrected chi connectivity index (χ1v) is 6.92. The standard InChI is InChI=1S/C11H11NO.C7H9NO/c1-13-11-7-6-10(12)8-4-2-3-5-9(8)11;8-7-4-2-1-3-6(7)5-9/h2-7H,12H2,1H3;1-4,9H,5,8H2.